The van der Waals surface area contributed by atoms with Crippen LogP contribution in [0.4, 0.5) is 5.69 Å². The van der Waals surface area contributed by atoms with Gasteiger partial charge < -0.3 is 5.11 Å². The Bertz CT molecular complexity index is 825. The summed E-state index contributed by atoms with van der Waals surface area (Å²) in [5, 5.41) is 9.34. The molecule has 1 heterocycles. The smallest absolute Gasteiger partial charge is 0.270 e. The highest BCUT2D eigenvalue weighted by Gasteiger charge is 2.34. The van der Waals surface area contributed by atoms with Gasteiger partial charge in [-0.15, -0.1) is 0 Å². The van der Waals surface area contributed by atoms with Crippen molar-refractivity contribution in [3.63, 3.8) is 0 Å². The molecule has 2 aromatic carbocycles. The van der Waals surface area contributed by atoms with E-state index in [1.165, 1.54) is 11.8 Å². The highest BCUT2D eigenvalue weighted by Crippen LogP contribution is 2.37. The summed E-state index contributed by atoms with van der Waals surface area (Å²) in [6.07, 6.45) is 1.80. The van der Waals surface area contributed by atoms with E-state index >= 15 is 0 Å². The second-order valence-electron chi connectivity index (χ2n) is 5.40. The Morgan fingerprint density at radius 3 is 2.52 bits per heavy atom. The molecule has 0 atom stereocenters. The number of carbonyl (C=O) groups is 1. The molecule has 2 aromatic rings. The monoisotopic (exact) mass is 341 g/mol. The molecule has 1 fully saturated rings. The zero-order valence-corrected chi connectivity index (χ0v) is 14.4. The maximum atomic E-state index is 12.8. The lowest BCUT2D eigenvalue weighted by atomic mass is 10.1. The first-order chi connectivity index (χ1) is 11.0. The molecule has 0 radical (unpaired) electrons. The van der Waals surface area contributed by atoms with E-state index in [9.17, 15) is 9.90 Å². The van der Waals surface area contributed by atoms with Crippen molar-refractivity contribution in [3.8, 4) is 5.75 Å². The molecule has 1 amide bonds. The topological polar surface area (TPSA) is 40.5 Å². The summed E-state index contributed by atoms with van der Waals surface area (Å²) in [6, 6.07) is 12.7. The summed E-state index contributed by atoms with van der Waals surface area (Å²) in [5.74, 6) is 0.0897. The number of rotatable bonds is 2. The summed E-state index contributed by atoms with van der Waals surface area (Å²) in [7, 11) is 0. The molecule has 0 aromatic heterocycles. The van der Waals surface area contributed by atoms with Crippen LogP contribution in [0.3, 0.4) is 0 Å². The minimum absolute atomic E-state index is 0.109. The van der Waals surface area contributed by atoms with Crippen LogP contribution in [0, 0.1) is 13.8 Å². The third-order valence-corrected chi connectivity index (χ3v) is 4.89. The first kappa shape index (κ1) is 15.8. The first-order valence-corrected chi connectivity index (χ1v) is 8.32. The van der Waals surface area contributed by atoms with Crippen molar-refractivity contribution < 1.29 is 9.90 Å². The summed E-state index contributed by atoms with van der Waals surface area (Å²) < 4.78 is 0.536. The predicted octanol–water partition coefficient (Wildman–Crippen LogP) is 4.41. The van der Waals surface area contributed by atoms with Crippen LogP contribution in [-0.2, 0) is 4.79 Å². The van der Waals surface area contributed by atoms with Gasteiger partial charge in [-0.05, 0) is 54.8 Å². The van der Waals surface area contributed by atoms with Crippen LogP contribution in [0.5, 0.6) is 5.75 Å². The number of hydrogen-bond donors (Lipinski definition) is 1. The predicted molar refractivity (Wildman–Crippen MR) is 99.7 cm³/mol. The molecule has 5 heteroatoms. The van der Waals surface area contributed by atoms with Crippen molar-refractivity contribution in [2.24, 2.45) is 0 Å². The molecule has 0 spiro atoms. The fourth-order valence-electron chi connectivity index (χ4n) is 2.36. The van der Waals surface area contributed by atoms with Crippen LogP contribution in [0.25, 0.3) is 6.08 Å². The Morgan fingerprint density at radius 1 is 1.13 bits per heavy atom. The standard InChI is InChI=1S/C18H15NO2S2/c1-11-3-4-12(2)15(9-11)19-17(21)16(23-18(19)22)10-13-5-7-14(20)8-6-13/h3-10,20H,1-2H3/b16-10-. The Morgan fingerprint density at radius 2 is 1.83 bits per heavy atom. The van der Waals surface area contributed by atoms with Gasteiger partial charge in [-0.25, -0.2) is 0 Å². The molecule has 0 saturated carbocycles. The first-order valence-electron chi connectivity index (χ1n) is 7.10. The van der Waals surface area contributed by atoms with Gasteiger partial charge in [-0.2, -0.15) is 0 Å². The SMILES string of the molecule is Cc1ccc(C)c(N2C(=O)/C(=C/c3ccc(O)cc3)SC2=S)c1. The van der Waals surface area contributed by atoms with Crippen LogP contribution in [-0.4, -0.2) is 15.3 Å². The third-order valence-electron chi connectivity index (χ3n) is 3.59. The molecule has 3 nitrogen and oxygen atoms in total. The lowest BCUT2D eigenvalue weighted by Crippen LogP contribution is -2.28. The Labute approximate surface area is 144 Å². The summed E-state index contributed by atoms with van der Waals surface area (Å²) in [4.78, 5) is 14.9. The Kier molecular flexibility index (Phi) is 4.24. The highest BCUT2D eigenvalue weighted by atomic mass is 32.2. The molecule has 0 aliphatic carbocycles. The van der Waals surface area contributed by atoms with Gasteiger partial charge in [0.25, 0.3) is 5.91 Å². The van der Waals surface area contributed by atoms with Crippen molar-refractivity contribution in [1.82, 2.24) is 0 Å². The third kappa shape index (κ3) is 3.16. The van der Waals surface area contributed by atoms with E-state index in [-0.39, 0.29) is 11.7 Å². The number of thiocarbonyl (C=S) groups is 1. The summed E-state index contributed by atoms with van der Waals surface area (Å²) in [6.45, 7) is 3.96. The second kappa shape index (κ2) is 6.18. The van der Waals surface area contributed by atoms with Crippen molar-refractivity contribution in [3.05, 3.63) is 64.1 Å². The number of hydrogen-bond acceptors (Lipinski definition) is 4. The molecule has 0 unspecified atom stereocenters. The number of thioether (sulfide) groups is 1. The van der Waals surface area contributed by atoms with Crippen LogP contribution >= 0.6 is 24.0 Å². The van der Waals surface area contributed by atoms with E-state index < -0.39 is 0 Å². The Balaban J connectivity index is 1.97. The molecule has 1 aliphatic rings. The molecule has 1 N–H and O–H groups in total. The Hall–Kier alpha value is -2.11. The van der Waals surface area contributed by atoms with Gasteiger partial charge in [0.05, 0.1) is 10.6 Å². The fraction of sp³-hybridized carbons (Fsp3) is 0.111. The van der Waals surface area contributed by atoms with Crippen LogP contribution in [0.15, 0.2) is 47.4 Å². The van der Waals surface area contributed by atoms with E-state index in [1.807, 2.05) is 32.0 Å². The van der Waals surface area contributed by atoms with Crippen molar-refractivity contribution in [1.29, 1.82) is 0 Å². The molecular weight excluding hydrogens is 326 g/mol. The normalized spacial score (nSPS) is 16.4. The highest BCUT2D eigenvalue weighted by molar-refractivity contribution is 8.27. The van der Waals surface area contributed by atoms with Crippen LogP contribution < -0.4 is 4.90 Å². The largest absolute Gasteiger partial charge is 0.508 e. The van der Waals surface area contributed by atoms with Crippen molar-refractivity contribution in [2.45, 2.75) is 13.8 Å². The lowest BCUT2D eigenvalue weighted by molar-refractivity contribution is -0.113. The van der Waals surface area contributed by atoms with Crippen molar-refractivity contribution in [2.75, 3.05) is 4.90 Å². The average molecular weight is 341 g/mol. The fourth-order valence-corrected chi connectivity index (χ4v) is 3.64. The van der Waals surface area contributed by atoms with E-state index in [2.05, 4.69) is 0 Å². The minimum atomic E-state index is -0.109. The zero-order valence-electron chi connectivity index (χ0n) is 12.7. The van der Waals surface area contributed by atoms with Gasteiger partial charge in [0, 0.05) is 0 Å². The molecule has 0 bridgehead atoms. The molecular formula is C18H15NO2S2. The van der Waals surface area contributed by atoms with Crippen molar-refractivity contribution >= 4 is 46.0 Å². The molecule has 3 rings (SSSR count). The van der Waals surface area contributed by atoms with Gasteiger partial charge in [-0.3, -0.25) is 9.69 Å². The van der Waals surface area contributed by atoms with Gasteiger partial charge in [-0.1, -0.05) is 48.2 Å². The number of phenols is 1. The molecule has 23 heavy (non-hydrogen) atoms. The van der Waals surface area contributed by atoms with E-state index in [0.717, 1.165) is 22.4 Å². The van der Waals surface area contributed by atoms with E-state index in [1.54, 1.807) is 35.2 Å². The van der Waals surface area contributed by atoms with Gasteiger partial charge in [0.1, 0.15) is 5.75 Å². The number of benzene rings is 2. The quantitative estimate of drug-likeness (QED) is 0.649. The molecule has 1 aliphatic heterocycles. The van der Waals surface area contributed by atoms with Crippen LogP contribution in [0.1, 0.15) is 16.7 Å². The maximum absolute atomic E-state index is 12.8. The van der Waals surface area contributed by atoms with Gasteiger partial charge in [0.15, 0.2) is 4.32 Å². The number of anilines is 1. The molecule has 116 valence electrons. The number of aromatic hydroxyl groups is 1. The second-order valence-corrected chi connectivity index (χ2v) is 7.07. The van der Waals surface area contributed by atoms with E-state index in [4.69, 9.17) is 12.2 Å². The molecule has 1 saturated heterocycles. The van der Waals surface area contributed by atoms with Gasteiger partial charge in [0.2, 0.25) is 0 Å². The number of carbonyl (C=O) groups excluding carboxylic acids is 1. The van der Waals surface area contributed by atoms with Crippen LogP contribution in [0.2, 0.25) is 0 Å². The van der Waals surface area contributed by atoms with E-state index in [0.29, 0.717) is 9.23 Å². The van der Waals surface area contributed by atoms with Gasteiger partial charge >= 0.3 is 0 Å². The number of phenolic OH excluding ortho intramolecular Hbond substituents is 1. The summed E-state index contributed by atoms with van der Waals surface area (Å²) in [5.41, 5.74) is 3.78. The maximum Gasteiger partial charge on any atom is 0.270 e. The minimum Gasteiger partial charge on any atom is -0.508 e. The average Bonchev–Trinajstić information content (AvgIpc) is 2.78. The number of aryl methyl sites for hydroxylation is 2. The summed E-state index contributed by atoms with van der Waals surface area (Å²) >= 11 is 6.70. The number of nitrogens with zero attached hydrogens (tertiary/aromatic N) is 1. The lowest BCUT2D eigenvalue weighted by Gasteiger charge is -2.17. The number of amides is 1. The zero-order chi connectivity index (χ0) is 16.6.